The molecule has 1 fully saturated rings. The van der Waals surface area contributed by atoms with Crippen LogP contribution >= 0.6 is 0 Å². The van der Waals surface area contributed by atoms with Crippen LogP contribution in [0.5, 0.6) is 0 Å². The summed E-state index contributed by atoms with van der Waals surface area (Å²) in [6.45, 7) is 1.45. The zero-order valence-electron chi connectivity index (χ0n) is 9.14. The topological polar surface area (TPSA) is 75.2 Å². The molecular formula is C12H12N2O3. The standard InChI is InChI=1S/C12H12N2O3/c15-12(16)7-1-2-9-10(5-7)14-11(13-9)8-3-4-17-6-8/h1-2,5,8H,3-4,6H2,(H,13,14)(H,15,16). The van der Waals surface area contributed by atoms with Gasteiger partial charge in [-0.3, -0.25) is 0 Å². The second-order valence-electron chi connectivity index (χ2n) is 4.22. The summed E-state index contributed by atoms with van der Waals surface area (Å²) in [6.07, 6.45) is 0.964. The highest BCUT2D eigenvalue weighted by molar-refractivity contribution is 5.92. The van der Waals surface area contributed by atoms with Crippen LogP contribution in [0.1, 0.15) is 28.5 Å². The molecule has 1 aliphatic heterocycles. The molecule has 17 heavy (non-hydrogen) atoms. The van der Waals surface area contributed by atoms with Gasteiger partial charge in [-0.05, 0) is 24.6 Å². The number of benzene rings is 1. The van der Waals surface area contributed by atoms with Crippen molar-refractivity contribution in [2.24, 2.45) is 0 Å². The van der Waals surface area contributed by atoms with Gasteiger partial charge in [-0.15, -0.1) is 0 Å². The van der Waals surface area contributed by atoms with Crippen molar-refractivity contribution in [1.29, 1.82) is 0 Å². The van der Waals surface area contributed by atoms with E-state index >= 15 is 0 Å². The normalized spacial score (nSPS) is 19.9. The molecule has 1 atom stereocenters. The lowest BCUT2D eigenvalue weighted by molar-refractivity contribution is 0.0697. The van der Waals surface area contributed by atoms with Crippen LogP contribution < -0.4 is 0 Å². The molecule has 2 heterocycles. The van der Waals surface area contributed by atoms with Crippen molar-refractivity contribution in [3.8, 4) is 0 Å². The zero-order valence-corrected chi connectivity index (χ0v) is 9.14. The van der Waals surface area contributed by atoms with E-state index in [9.17, 15) is 4.79 Å². The minimum Gasteiger partial charge on any atom is -0.478 e. The number of ether oxygens (including phenoxy) is 1. The number of imidazole rings is 1. The van der Waals surface area contributed by atoms with Crippen LogP contribution in [0.15, 0.2) is 18.2 Å². The number of aromatic nitrogens is 2. The van der Waals surface area contributed by atoms with Crippen molar-refractivity contribution in [3.63, 3.8) is 0 Å². The third-order valence-corrected chi connectivity index (χ3v) is 3.06. The molecule has 5 nitrogen and oxygen atoms in total. The summed E-state index contributed by atoms with van der Waals surface area (Å²) < 4.78 is 5.32. The Morgan fingerprint density at radius 3 is 3.12 bits per heavy atom. The third-order valence-electron chi connectivity index (χ3n) is 3.06. The summed E-state index contributed by atoms with van der Waals surface area (Å²) in [4.78, 5) is 18.5. The largest absolute Gasteiger partial charge is 0.478 e. The predicted molar refractivity (Wildman–Crippen MR) is 61.2 cm³/mol. The minimum absolute atomic E-state index is 0.273. The first kappa shape index (κ1) is 10.3. The molecule has 1 aromatic heterocycles. The van der Waals surface area contributed by atoms with E-state index in [1.807, 2.05) is 0 Å². The predicted octanol–water partition coefficient (Wildman–Crippen LogP) is 1.76. The number of nitrogens with one attached hydrogen (secondary N) is 1. The lowest BCUT2D eigenvalue weighted by Crippen LogP contribution is -1.99. The molecule has 1 aromatic carbocycles. The van der Waals surface area contributed by atoms with Crippen LogP contribution in [0, 0.1) is 0 Å². The fraction of sp³-hybridized carbons (Fsp3) is 0.333. The van der Waals surface area contributed by atoms with Crippen LogP contribution in [0.3, 0.4) is 0 Å². The number of carbonyl (C=O) groups is 1. The number of fused-ring (bicyclic) bond motifs is 1. The maximum absolute atomic E-state index is 10.9. The van der Waals surface area contributed by atoms with Gasteiger partial charge in [-0.1, -0.05) is 0 Å². The van der Waals surface area contributed by atoms with Gasteiger partial charge in [0.05, 0.1) is 23.2 Å². The van der Waals surface area contributed by atoms with Gasteiger partial charge in [0, 0.05) is 12.5 Å². The summed E-state index contributed by atoms with van der Waals surface area (Å²) >= 11 is 0. The Balaban J connectivity index is 2.03. The van der Waals surface area contributed by atoms with Crippen LogP contribution in [-0.4, -0.2) is 34.3 Å². The van der Waals surface area contributed by atoms with Crippen LogP contribution in [0.2, 0.25) is 0 Å². The second-order valence-corrected chi connectivity index (χ2v) is 4.22. The van der Waals surface area contributed by atoms with Crippen molar-refractivity contribution in [1.82, 2.24) is 9.97 Å². The Morgan fingerprint density at radius 1 is 1.53 bits per heavy atom. The Bertz CT molecular complexity index is 570. The average molecular weight is 232 g/mol. The van der Waals surface area contributed by atoms with E-state index in [0.717, 1.165) is 29.9 Å². The Labute approximate surface area is 97.4 Å². The van der Waals surface area contributed by atoms with Gasteiger partial charge in [0.1, 0.15) is 5.82 Å². The molecule has 2 aromatic rings. The number of H-pyrrole nitrogens is 1. The highest BCUT2D eigenvalue weighted by Gasteiger charge is 2.21. The maximum Gasteiger partial charge on any atom is 0.335 e. The second kappa shape index (κ2) is 3.85. The van der Waals surface area contributed by atoms with E-state index in [4.69, 9.17) is 9.84 Å². The number of hydrogen-bond donors (Lipinski definition) is 2. The van der Waals surface area contributed by atoms with E-state index in [-0.39, 0.29) is 5.56 Å². The molecule has 1 saturated heterocycles. The molecule has 0 aliphatic carbocycles. The number of rotatable bonds is 2. The third kappa shape index (κ3) is 1.78. The fourth-order valence-corrected chi connectivity index (χ4v) is 2.11. The van der Waals surface area contributed by atoms with Crippen molar-refractivity contribution in [2.45, 2.75) is 12.3 Å². The first-order valence-corrected chi connectivity index (χ1v) is 5.55. The monoisotopic (exact) mass is 232 g/mol. The quantitative estimate of drug-likeness (QED) is 0.827. The molecule has 88 valence electrons. The van der Waals surface area contributed by atoms with E-state index in [2.05, 4.69) is 9.97 Å². The number of carboxylic acid groups (broad SMARTS) is 1. The molecule has 0 saturated carbocycles. The molecule has 1 aliphatic rings. The van der Waals surface area contributed by atoms with Crippen LogP contribution in [-0.2, 0) is 4.74 Å². The molecule has 0 bridgehead atoms. The van der Waals surface area contributed by atoms with Gasteiger partial charge in [-0.25, -0.2) is 9.78 Å². The number of aromatic carboxylic acids is 1. The molecule has 0 radical (unpaired) electrons. The highest BCUT2D eigenvalue weighted by Crippen LogP contribution is 2.25. The molecule has 5 heteroatoms. The van der Waals surface area contributed by atoms with Crippen molar-refractivity contribution in [3.05, 3.63) is 29.6 Å². The Kier molecular flexibility index (Phi) is 2.33. The van der Waals surface area contributed by atoms with E-state index in [1.165, 1.54) is 0 Å². The van der Waals surface area contributed by atoms with E-state index in [1.54, 1.807) is 18.2 Å². The van der Waals surface area contributed by atoms with Gasteiger partial charge in [-0.2, -0.15) is 0 Å². The van der Waals surface area contributed by atoms with Crippen LogP contribution in [0.4, 0.5) is 0 Å². The van der Waals surface area contributed by atoms with E-state index < -0.39 is 5.97 Å². The van der Waals surface area contributed by atoms with E-state index in [0.29, 0.717) is 12.5 Å². The molecule has 0 spiro atoms. The first-order valence-electron chi connectivity index (χ1n) is 5.55. The zero-order chi connectivity index (χ0) is 11.8. The van der Waals surface area contributed by atoms with Gasteiger partial charge in [0.15, 0.2) is 0 Å². The van der Waals surface area contributed by atoms with Gasteiger partial charge in [0.2, 0.25) is 0 Å². The summed E-state index contributed by atoms with van der Waals surface area (Å²) in [5.74, 6) is 0.267. The Hall–Kier alpha value is -1.88. The van der Waals surface area contributed by atoms with Crippen molar-refractivity contribution < 1.29 is 14.6 Å². The van der Waals surface area contributed by atoms with Crippen LogP contribution in [0.25, 0.3) is 11.0 Å². The number of hydrogen-bond acceptors (Lipinski definition) is 3. The van der Waals surface area contributed by atoms with Gasteiger partial charge < -0.3 is 14.8 Å². The Morgan fingerprint density at radius 2 is 2.41 bits per heavy atom. The number of carboxylic acids is 1. The summed E-state index contributed by atoms with van der Waals surface area (Å²) in [5, 5.41) is 8.91. The van der Waals surface area contributed by atoms with Gasteiger partial charge in [0.25, 0.3) is 0 Å². The van der Waals surface area contributed by atoms with Crippen molar-refractivity contribution in [2.75, 3.05) is 13.2 Å². The molecule has 0 amide bonds. The lowest BCUT2D eigenvalue weighted by atomic mass is 10.1. The number of aromatic amines is 1. The van der Waals surface area contributed by atoms with Crippen molar-refractivity contribution >= 4 is 17.0 Å². The summed E-state index contributed by atoms with van der Waals surface area (Å²) in [7, 11) is 0. The summed E-state index contributed by atoms with van der Waals surface area (Å²) in [5.41, 5.74) is 1.85. The highest BCUT2D eigenvalue weighted by atomic mass is 16.5. The summed E-state index contributed by atoms with van der Waals surface area (Å²) in [6, 6.07) is 4.92. The SMILES string of the molecule is O=C(O)c1ccc2nc(C3CCOC3)[nH]c2c1. The lowest BCUT2D eigenvalue weighted by Gasteiger charge is -2.00. The smallest absolute Gasteiger partial charge is 0.335 e. The maximum atomic E-state index is 10.9. The van der Waals surface area contributed by atoms with Gasteiger partial charge >= 0.3 is 5.97 Å². The molecule has 2 N–H and O–H groups in total. The number of nitrogens with zero attached hydrogens (tertiary/aromatic N) is 1. The average Bonchev–Trinajstić information content (AvgIpc) is 2.96. The molecular weight excluding hydrogens is 220 g/mol. The fourth-order valence-electron chi connectivity index (χ4n) is 2.11. The molecule has 3 rings (SSSR count). The minimum atomic E-state index is -0.924. The first-order chi connectivity index (χ1) is 8.24. The molecule has 1 unspecified atom stereocenters.